The van der Waals surface area contributed by atoms with E-state index in [1.54, 1.807) is 18.3 Å². The van der Waals surface area contributed by atoms with Gasteiger partial charge in [-0.15, -0.1) is 0 Å². The number of hydrogen-bond donors (Lipinski definition) is 3. The number of fused-ring (bicyclic) bond motifs is 2. The van der Waals surface area contributed by atoms with E-state index in [9.17, 15) is 9.60 Å². The van der Waals surface area contributed by atoms with Gasteiger partial charge in [-0.25, -0.2) is 4.39 Å². The molecule has 0 spiro atoms. The van der Waals surface area contributed by atoms with Crippen LogP contribution in [-0.2, 0) is 0 Å². The summed E-state index contributed by atoms with van der Waals surface area (Å²) in [6.45, 7) is 4.02. The van der Waals surface area contributed by atoms with Crippen LogP contribution in [0.2, 0.25) is 0 Å². The highest BCUT2D eigenvalue weighted by Gasteiger charge is 2.25. The molecule has 1 atom stereocenters. The molecule has 0 fully saturated rings. The molecule has 0 aromatic heterocycles. The standard InChI is InChI=1S/C19H18FN3O/c1-11(2)19-18(12-3-5-15(20)6-4-12)16-7-13-9-21-22-17(13)8-14(16)10-23(19)24/h3-11,21-23H,1-2H3. The Morgan fingerprint density at radius 1 is 1.08 bits per heavy atom. The molecule has 1 unspecified atom stereocenters. The molecule has 24 heavy (non-hydrogen) atoms. The van der Waals surface area contributed by atoms with Crippen LogP contribution >= 0.6 is 0 Å². The molecule has 5 heteroatoms. The fourth-order valence-corrected chi connectivity index (χ4v) is 3.38. The molecule has 4 nitrogen and oxygen atoms in total. The number of halogens is 1. The monoisotopic (exact) mass is 323 g/mol. The number of allylic oxidation sites excluding steroid dienone is 1. The molecule has 3 N–H and O–H groups in total. The van der Waals surface area contributed by atoms with E-state index < -0.39 is 0 Å². The lowest BCUT2D eigenvalue weighted by molar-refractivity contribution is -0.718. The Balaban J connectivity index is 2.04. The topological polar surface area (TPSA) is 51.6 Å². The van der Waals surface area contributed by atoms with Crippen molar-refractivity contribution in [2.24, 2.45) is 5.92 Å². The number of benzene rings is 2. The molecule has 2 aliphatic rings. The summed E-state index contributed by atoms with van der Waals surface area (Å²) < 4.78 is 13.4. The molecule has 0 aliphatic carbocycles. The van der Waals surface area contributed by atoms with Gasteiger partial charge in [-0.2, -0.15) is 0 Å². The van der Waals surface area contributed by atoms with E-state index in [4.69, 9.17) is 0 Å². The Morgan fingerprint density at radius 2 is 1.83 bits per heavy atom. The van der Waals surface area contributed by atoms with Crippen LogP contribution in [0.3, 0.4) is 0 Å². The molecule has 0 radical (unpaired) electrons. The summed E-state index contributed by atoms with van der Waals surface area (Å²) >= 11 is 0. The van der Waals surface area contributed by atoms with Crippen molar-refractivity contribution in [3.8, 4) is 0 Å². The number of rotatable bonds is 2. The predicted molar refractivity (Wildman–Crippen MR) is 93.0 cm³/mol. The Hall–Kier alpha value is -2.63. The van der Waals surface area contributed by atoms with Crippen LogP contribution in [0.4, 0.5) is 10.1 Å². The number of anilines is 1. The van der Waals surface area contributed by atoms with E-state index >= 15 is 0 Å². The van der Waals surface area contributed by atoms with E-state index in [0.717, 1.165) is 38.5 Å². The molecular formula is C19H18FN3O. The highest BCUT2D eigenvalue weighted by atomic mass is 19.1. The van der Waals surface area contributed by atoms with Gasteiger partial charge < -0.3 is 21.1 Å². The zero-order chi connectivity index (χ0) is 16.8. The van der Waals surface area contributed by atoms with Crippen molar-refractivity contribution in [3.05, 3.63) is 74.7 Å². The number of nitrogens with one attached hydrogen (secondary N) is 3. The molecule has 122 valence electrons. The summed E-state index contributed by atoms with van der Waals surface area (Å²) in [7, 11) is 0. The third-order valence-corrected chi connectivity index (χ3v) is 4.46. The summed E-state index contributed by atoms with van der Waals surface area (Å²) in [5.74, 6) is -0.203. The van der Waals surface area contributed by atoms with Crippen molar-refractivity contribution in [2.45, 2.75) is 13.8 Å². The molecular weight excluding hydrogens is 305 g/mol. The normalized spacial score (nSPS) is 18.3. The van der Waals surface area contributed by atoms with Crippen molar-refractivity contribution >= 4 is 23.7 Å². The Labute approximate surface area is 139 Å². The molecule has 4 rings (SSSR count). The van der Waals surface area contributed by atoms with Gasteiger partial charge >= 0.3 is 0 Å². The van der Waals surface area contributed by atoms with Gasteiger partial charge in [-0.3, -0.25) is 0 Å². The molecule has 2 aromatic carbocycles. The molecule has 0 saturated carbocycles. The molecule has 0 bridgehead atoms. The second-order valence-electron chi connectivity index (χ2n) is 6.40. The van der Waals surface area contributed by atoms with Gasteiger partial charge in [0, 0.05) is 33.7 Å². The second kappa shape index (κ2) is 5.47. The largest absolute Gasteiger partial charge is 0.624 e. The number of hydrogen-bond acceptors (Lipinski definition) is 3. The fraction of sp³-hybridized carbons (Fsp3) is 0.158. The van der Waals surface area contributed by atoms with Crippen LogP contribution in [-0.4, -0.2) is 0 Å². The van der Waals surface area contributed by atoms with Crippen molar-refractivity contribution in [1.82, 2.24) is 5.43 Å². The average Bonchev–Trinajstić information content (AvgIpc) is 2.99. The third-order valence-electron chi connectivity index (χ3n) is 4.46. The molecule has 2 aromatic rings. The fourth-order valence-electron chi connectivity index (χ4n) is 3.38. The summed E-state index contributed by atoms with van der Waals surface area (Å²) in [5.41, 5.74) is 10.5. The predicted octanol–water partition coefficient (Wildman–Crippen LogP) is 1.04. The smallest absolute Gasteiger partial charge is 0.123 e. The van der Waals surface area contributed by atoms with E-state index in [1.165, 1.54) is 12.1 Å². The van der Waals surface area contributed by atoms with E-state index in [2.05, 4.69) is 16.9 Å². The quantitative estimate of drug-likeness (QED) is 0.724. The van der Waals surface area contributed by atoms with Gasteiger partial charge in [0.2, 0.25) is 0 Å². The number of quaternary nitrogens is 1. The first kappa shape index (κ1) is 14.9. The van der Waals surface area contributed by atoms with Crippen LogP contribution in [0.5, 0.6) is 0 Å². The van der Waals surface area contributed by atoms with Crippen LogP contribution in [0.1, 0.15) is 25.0 Å². The zero-order valence-electron chi connectivity index (χ0n) is 13.5. The first-order valence-corrected chi connectivity index (χ1v) is 7.97. The van der Waals surface area contributed by atoms with Gasteiger partial charge in [-0.1, -0.05) is 26.0 Å². The minimum Gasteiger partial charge on any atom is -0.624 e. The summed E-state index contributed by atoms with van der Waals surface area (Å²) in [6, 6.07) is 10.4. The Bertz CT molecular complexity index is 961. The van der Waals surface area contributed by atoms with E-state index in [1.807, 2.05) is 26.1 Å². The average molecular weight is 323 g/mol. The molecule has 0 saturated heterocycles. The highest BCUT2D eigenvalue weighted by molar-refractivity contribution is 5.84. The Kier molecular flexibility index (Phi) is 3.40. The molecule has 2 aliphatic heterocycles. The number of hydrazine groups is 1. The van der Waals surface area contributed by atoms with Crippen molar-refractivity contribution < 1.29 is 9.45 Å². The lowest BCUT2D eigenvalue weighted by atomic mass is 9.88. The lowest BCUT2D eigenvalue weighted by Crippen LogP contribution is -3.01. The van der Waals surface area contributed by atoms with Crippen LogP contribution in [0.25, 0.3) is 18.0 Å². The van der Waals surface area contributed by atoms with Crippen LogP contribution in [0, 0.1) is 16.9 Å². The third kappa shape index (κ3) is 2.29. The molecule has 2 heterocycles. The van der Waals surface area contributed by atoms with Gasteiger partial charge in [0.1, 0.15) is 17.7 Å². The van der Waals surface area contributed by atoms with E-state index in [-0.39, 0.29) is 16.8 Å². The van der Waals surface area contributed by atoms with Crippen LogP contribution < -0.4 is 26.4 Å². The highest BCUT2D eigenvalue weighted by Crippen LogP contribution is 2.27. The minimum absolute atomic E-state index is 0.0201. The van der Waals surface area contributed by atoms with Gasteiger partial charge in [-0.05, 0) is 29.8 Å². The van der Waals surface area contributed by atoms with E-state index in [0.29, 0.717) is 0 Å². The lowest BCUT2D eigenvalue weighted by Gasteiger charge is -2.30. The maximum Gasteiger partial charge on any atom is 0.123 e. The summed E-state index contributed by atoms with van der Waals surface area (Å²) in [4.78, 5) is 0. The van der Waals surface area contributed by atoms with Crippen molar-refractivity contribution in [2.75, 3.05) is 5.43 Å². The van der Waals surface area contributed by atoms with Crippen molar-refractivity contribution in [3.63, 3.8) is 0 Å². The first-order valence-electron chi connectivity index (χ1n) is 7.97. The second-order valence-corrected chi connectivity index (χ2v) is 6.40. The maximum absolute atomic E-state index is 13.4. The SMILES string of the molecule is CC(C)C1=C(c2ccc(F)cc2)c2cc3c(cc2=C[NH+]1[O-])NNC=3. The zero-order valence-corrected chi connectivity index (χ0v) is 13.5. The van der Waals surface area contributed by atoms with Gasteiger partial charge in [0.25, 0.3) is 0 Å². The minimum atomic E-state index is -0.282. The summed E-state index contributed by atoms with van der Waals surface area (Å²) in [5, 5.41) is 14.7. The Morgan fingerprint density at radius 3 is 2.54 bits per heavy atom. The van der Waals surface area contributed by atoms with Gasteiger partial charge in [0.15, 0.2) is 0 Å². The number of hydroxylamine groups is 2. The maximum atomic E-state index is 13.4. The first-order chi connectivity index (χ1) is 11.5. The summed E-state index contributed by atoms with van der Waals surface area (Å²) in [6.07, 6.45) is 3.58. The van der Waals surface area contributed by atoms with Crippen molar-refractivity contribution in [1.29, 1.82) is 0 Å². The van der Waals surface area contributed by atoms with Crippen LogP contribution in [0.15, 0.2) is 42.1 Å². The van der Waals surface area contributed by atoms with Gasteiger partial charge in [0.05, 0.1) is 5.69 Å². The molecule has 0 amide bonds.